The summed E-state index contributed by atoms with van der Waals surface area (Å²) in [6.45, 7) is 13.9. The molecule has 0 unspecified atom stereocenters. The normalized spacial score (nSPS) is 15.0. The molecule has 2 amide bonds. The fourth-order valence-corrected chi connectivity index (χ4v) is 4.79. The van der Waals surface area contributed by atoms with E-state index in [1.807, 2.05) is 21.9 Å². The lowest BCUT2D eigenvalue weighted by Crippen LogP contribution is -2.44. The molecule has 0 saturated carbocycles. The maximum Gasteiger partial charge on any atom is 0.329 e. The molecule has 2 aromatic rings. The molecule has 0 radical (unpaired) electrons. The van der Waals surface area contributed by atoms with Crippen molar-refractivity contribution >= 4 is 28.8 Å². The first kappa shape index (κ1) is 22.3. The van der Waals surface area contributed by atoms with Gasteiger partial charge in [-0.15, -0.1) is 0 Å². The summed E-state index contributed by atoms with van der Waals surface area (Å²) in [7, 11) is 0. The molecule has 2 aliphatic heterocycles. The SMILES string of the molecule is CCN(CC)c1ccc2c(c1)Oc1cc(N(CC)CC)ccc1N2C(=O)N1CCCCC1. The zero-order valence-electron chi connectivity index (χ0n) is 19.9. The van der Waals surface area contributed by atoms with E-state index in [1.54, 1.807) is 0 Å². The fraction of sp³-hybridized carbons (Fsp3) is 0.500. The van der Waals surface area contributed by atoms with Crippen LogP contribution in [0.4, 0.5) is 27.5 Å². The molecule has 2 aromatic carbocycles. The lowest BCUT2D eigenvalue weighted by Gasteiger charge is -2.37. The summed E-state index contributed by atoms with van der Waals surface area (Å²) < 4.78 is 6.44. The maximum absolute atomic E-state index is 13.7. The van der Waals surface area contributed by atoms with Gasteiger partial charge in [-0.2, -0.15) is 0 Å². The molecule has 32 heavy (non-hydrogen) atoms. The van der Waals surface area contributed by atoms with Crippen LogP contribution in [0.5, 0.6) is 11.5 Å². The van der Waals surface area contributed by atoms with Crippen LogP contribution in [-0.2, 0) is 0 Å². The summed E-state index contributed by atoms with van der Waals surface area (Å²) in [6.07, 6.45) is 3.33. The van der Waals surface area contributed by atoms with E-state index in [9.17, 15) is 4.79 Å². The molecule has 0 atom stereocenters. The lowest BCUT2D eigenvalue weighted by molar-refractivity contribution is 0.195. The predicted molar refractivity (Wildman–Crippen MR) is 133 cm³/mol. The van der Waals surface area contributed by atoms with Crippen molar-refractivity contribution in [2.24, 2.45) is 0 Å². The highest BCUT2D eigenvalue weighted by Crippen LogP contribution is 2.49. The van der Waals surface area contributed by atoms with Crippen LogP contribution in [-0.4, -0.2) is 50.2 Å². The minimum Gasteiger partial charge on any atom is -0.453 e. The summed E-state index contributed by atoms with van der Waals surface area (Å²) in [4.78, 5) is 22.1. The van der Waals surface area contributed by atoms with Crippen LogP contribution in [0.25, 0.3) is 0 Å². The monoisotopic (exact) mass is 436 g/mol. The molecule has 1 saturated heterocycles. The molecule has 2 aliphatic rings. The highest BCUT2D eigenvalue weighted by molar-refractivity contribution is 6.04. The maximum atomic E-state index is 13.7. The standard InChI is InChI=1S/C26H36N4O2/c1-5-27(6-2)20-12-14-22-24(18-20)32-25-19-21(28(7-3)8-4)13-15-23(25)30(22)26(31)29-16-10-9-11-17-29/h12-15,18-19H,5-11,16-17H2,1-4H3. The number of fused-ring (bicyclic) bond motifs is 2. The minimum atomic E-state index is 0.0432. The Balaban J connectivity index is 1.79. The minimum absolute atomic E-state index is 0.0432. The third-order valence-corrected chi connectivity index (χ3v) is 6.66. The zero-order chi connectivity index (χ0) is 22.7. The summed E-state index contributed by atoms with van der Waals surface area (Å²) in [5.41, 5.74) is 3.86. The van der Waals surface area contributed by atoms with E-state index in [0.29, 0.717) is 0 Å². The fourth-order valence-electron chi connectivity index (χ4n) is 4.79. The number of urea groups is 1. The van der Waals surface area contributed by atoms with Crippen molar-refractivity contribution in [1.82, 2.24) is 4.90 Å². The number of nitrogens with zero attached hydrogens (tertiary/aromatic N) is 4. The molecule has 0 bridgehead atoms. The van der Waals surface area contributed by atoms with E-state index < -0.39 is 0 Å². The second-order valence-electron chi connectivity index (χ2n) is 8.42. The Kier molecular flexibility index (Phi) is 6.77. The number of hydrogen-bond acceptors (Lipinski definition) is 4. The van der Waals surface area contributed by atoms with Gasteiger partial charge in [0.05, 0.1) is 11.4 Å². The molecular formula is C26H36N4O2. The van der Waals surface area contributed by atoms with Gasteiger partial charge < -0.3 is 19.4 Å². The topological polar surface area (TPSA) is 39.3 Å². The predicted octanol–water partition coefficient (Wildman–Crippen LogP) is 6.23. The number of rotatable bonds is 6. The van der Waals surface area contributed by atoms with Crippen molar-refractivity contribution in [1.29, 1.82) is 0 Å². The molecule has 1 fully saturated rings. The van der Waals surface area contributed by atoms with Crippen molar-refractivity contribution in [3.05, 3.63) is 36.4 Å². The van der Waals surface area contributed by atoms with Crippen molar-refractivity contribution in [2.75, 3.05) is 54.0 Å². The van der Waals surface area contributed by atoms with Crippen LogP contribution in [0.2, 0.25) is 0 Å². The van der Waals surface area contributed by atoms with Gasteiger partial charge >= 0.3 is 6.03 Å². The van der Waals surface area contributed by atoms with Crippen LogP contribution < -0.4 is 19.4 Å². The third-order valence-electron chi connectivity index (χ3n) is 6.66. The van der Waals surface area contributed by atoms with Gasteiger partial charge in [0.25, 0.3) is 0 Å². The van der Waals surface area contributed by atoms with E-state index >= 15 is 0 Å². The van der Waals surface area contributed by atoms with Crippen LogP contribution in [0.3, 0.4) is 0 Å². The number of carbonyl (C=O) groups is 1. The van der Waals surface area contributed by atoms with E-state index in [4.69, 9.17) is 4.74 Å². The second-order valence-corrected chi connectivity index (χ2v) is 8.42. The Morgan fingerprint density at radius 3 is 1.69 bits per heavy atom. The molecule has 0 aromatic heterocycles. The largest absolute Gasteiger partial charge is 0.453 e. The first-order chi connectivity index (χ1) is 15.6. The Morgan fingerprint density at radius 1 is 0.781 bits per heavy atom. The van der Waals surface area contributed by atoms with Crippen molar-refractivity contribution in [2.45, 2.75) is 47.0 Å². The van der Waals surface area contributed by atoms with Gasteiger partial charge in [0, 0.05) is 62.8 Å². The number of likely N-dealkylation sites (tertiary alicyclic amines) is 1. The number of ether oxygens (including phenoxy) is 1. The zero-order valence-corrected chi connectivity index (χ0v) is 19.9. The quantitative estimate of drug-likeness (QED) is 0.538. The highest BCUT2D eigenvalue weighted by Gasteiger charge is 2.33. The van der Waals surface area contributed by atoms with Gasteiger partial charge in [0.1, 0.15) is 0 Å². The summed E-state index contributed by atoms with van der Waals surface area (Å²) >= 11 is 0. The molecule has 4 rings (SSSR count). The molecular weight excluding hydrogens is 400 g/mol. The third kappa shape index (κ3) is 4.10. The van der Waals surface area contributed by atoms with E-state index in [1.165, 1.54) is 6.42 Å². The number of benzene rings is 2. The van der Waals surface area contributed by atoms with Gasteiger partial charge in [0.15, 0.2) is 11.5 Å². The van der Waals surface area contributed by atoms with E-state index in [-0.39, 0.29) is 6.03 Å². The van der Waals surface area contributed by atoms with Crippen molar-refractivity contribution in [3.8, 4) is 11.5 Å². The number of anilines is 4. The Bertz CT molecular complexity index is 885. The van der Waals surface area contributed by atoms with E-state index in [0.717, 1.165) is 86.4 Å². The van der Waals surface area contributed by atoms with Gasteiger partial charge in [-0.1, -0.05) is 0 Å². The molecule has 2 heterocycles. The van der Waals surface area contributed by atoms with Crippen LogP contribution >= 0.6 is 0 Å². The molecule has 0 spiro atoms. The average Bonchev–Trinajstić information content (AvgIpc) is 2.84. The van der Waals surface area contributed by atoms with Crippen LogP contribution in [0.15, 0.2) is 36.4 Å². The molecule has 6 nitrogen and oxygen atoms in total. The summed E-state index contributed by atoms with van der Waals surface area (Å²) in [6, 6.07) is 12.5. The average molecular weight is 437 g/mol. The number of hydrogen-bond donors (Lipinski definition) is 0. The van der Waals surface area contributed by atoms with Crippen LogP contribution in [0.1, 0.15) is 47.0 Å². The first-order valence-corrected chi connectivity index (χ1v) is 12.2. The van der Waals surface area contributed by atoms with Gasteiger partial charge in [-0.3, -0.25) is 4.90 Å². The van der Waals surface area contributed by atoms with Gasteiger partial charge in [-0.25, -0.2) is 4.79 Å². The van der Waals surface area contributed by atoms with Crippen molar-refractivity contribution in [3.63, 3.8) is 0 Å². The van der Waals surface area contributed by atoms with Crippen LogP contribution in [0, 0.1) is 0 Å². The second kappa shape index (κ2) is 9.72. The van der Waals surface area contributed by atoms with Gasteiger partial charge in [0.2, 0.25) is 0 Å². The first-order valence-electron chi connectivity index (χ1n) is 12.2. The number of carbonyl (C=O) groups excluding carboxylic acids is 1. The Hall–Kier alpha value is -2.89. The molecule has 6 heteroatoms. The Morgan fingerprint density at radius 2 is 1.25 bits per heavy atom. The molecule has 0 N–H and O–H groups in total. The van der Waals surface area contributed by atoms with Crippen molar-refractivity contribution < 1.29 is 9.53 Å². The summed E-state index contributed by atoms with van der Waals surface area (Å²) in [5.74, 6) is 1.48. The number of amides is 2. The van der Waals surface area contributed by atoms with Gasteiger partial charge in [-0.05, 0) is 71.2 Å². The summed E-state index contributed by atoms with van der Waals surface area (Å²) in [5, 5.41) is 0. The molecule has 0 aliphatic carbocycles. The van der Waals surface area contributed by atoms with E-state index in [2.05, 4.69) is 61.8 Å². The molecule has 172 valence electrons. The Labute approximate surface area is 192 Å². The highest BCUT2D eigenvalue weighted by atomic mass is 16.5. The number of piperidine rings is 1. The lowest BCUT2D eigenvalue weighted by atomic mass is 10.1. The smallest absolute Gasteiger partial charge is 0.329 e.